The summed E-state index contributed by atoms with van der Waals surface area (Å²) in [6.07, 6.45) is 0. The maximum absolute atomic E-state index is 11.3. The highest BCUT2D eigenvalue weighted by atomic mass is 16.4. The van der Waals surface area contributed by atoms with Crippen LogP contribution in [0.15, 0.2) is 42.5 Å². The number of carboxylic acid groups (broad SMARTS) is 1. The summed E-state index contributed by atoms with van der Waals surface area (Å²) in [4.78, 5) is 15.4. The Morgan fingerprint density at radius 2 is 1.95 bits per heavy atom. The zero-order valence-corrected chi connectivity index (χ0v) is 10.3. The molecular weight excluding hydrogens is 258 g/mol. The van der Waals surface area contributed by atoms with Gasteiger partial charge in [-0.1, -0.05) is 18.2 Å². The quantitative estimate of drug-likeness (QED) is 0.660. The Morgan fingerprint density at radius 1 is 1.20 bits per heavy atom. The van der Waals surface area contributed by atoms with E-state index in [1.807, 2.05) is 0 Å². The summed E-state index contributed by atoms with van der Waals surface area (Å²) in [6, 6.07) is 11.4. The molecule has 6 heteroatoms. The van der Waals surface area contributed by atoms with Gasteiger partial charge in [-0.2, -0.15) is 0 Å². The maximum atomic E-state index is 11.3. The third kappa shape index (κ3) is 1.74. The molecule has 0 radical (unpaired) electrons. The number of rotatable bonds is 2. The van der Waals surface area contributed by atoms with E-state index < -0.39 is 5.97 Å². The number of aromatic hydroxyl groups is 1. The number of carbonyl (C=O) groups is 1. The molecular formula is C14H11N3O3. The Hall–Kier alpha value is -3.02. The summed E-state index contributed by atoms with van der Waals surface area (Å²) in [5.74, 6) is -0.294. The van der Waals surface area contributed by atoms with Gasteiger partial charge in [0.25, 0.3) is 0 Å². The number of phenols is 1. The van der Waals surface area contributed by atoms with Crippen LogP contribution in [0.1, 0.15) is 10.5 Å². The van der Waals surface area contributed by atoms with Gasteiger partial charge in [-0.15, -0.1) is 0 Å². The average Bonchev–Trinajstić information content (AvgIpc) is 2.80. The van der Waals surface area contributed by atoms with Gasteiger partial charge in [-0.05, 0) is 24.3 Å². The first-order valence-electron chi connectivity index (χ1n) is 5.87. The van der Waals surface area contributed by atoms with E-state index in [0.29, 0.717) is 22.7 Å². The van der Waals surface area contributed by atoms with E-state index in [0.717, 1.165) is 0 Å². The van der Waals surface area contributed by atoms with Crippen molar-refractivity contribution in [2.75, 3.05) is 5.73 Å². The lowest BCUT2D eigenvalue weighted by atomic mass is 10.2. The molecule has 4 N–H and O–H groups in total. The number of nitrogens with two attached hydrogens (primary N) is 1. The summed E-state index contributed by atoms with van der Waals surface area (Å²) >= 11 is 0. The third-order valence-corrected chi connectivity index (χ3v) is 3.00. The summed E-state index contributed by atoms with van der Waals surface area (Å²) in [5.41, 5.74) is 6.84. The van der Waals surface area contributed by atoms with Crippen LogP contribution in [0.3, 0.4) is 0 Å². The van der Waals surface area contributed by atoms with Gasteiger partial charge in [0, 0.05) is 5.56 Å². The van der Waals surface area contributed by atoms with Crippen molar-refractivity contribution in [3.63, 3.8) is 0 Å². The Labute approximate surface area is 113 Å². The minimum absolute atomic E-state index is 0.0735. The van der Waals surface area contributed by atoms with E-state index >= 15 is 0 Å². The lowest BCUT2D eigenvalue weighted by Gasteiger charge is -2.04. The number of hydrogen-bond acceptors (Lipinski definition) is 4. The Bertz CT molecular complexity index is 824. The predicted octanol–water partition coefficient (Wildman–Crippen LogP) is 1.99. The molecule has 0 saturated heterocycles. The second-order valence-electron chi connectivity index (χ2n) is 4.31. The topological polar surface area (TPSA) is 101 Å². The fourth-order valence-electron chi connectivity index (χ4n) is 2.16. The molecule has 2 aromatic heterocycles. The van der Waals surface area contributed by atoms with Gasteiger partial charge in [0.1, 0.15) is 17.4 Å². The lowest BCUT2D eigenvalue weighted by Crippen LogP contribution is -1.99. The van der Waals surface area contributed by atoms with Crippen molar-refractivity contribution in [2.24, 2.45) is 0 Å². The number of nitrogen functional groups attached to an aromatic ring is 1. The van der Waals surface area contributed by atoms with Crippen LogP contribution >= 0.6 is 0 Å². The molecule has 0 unspecified atom stereocenters. The molecule has 0 spiro atoms. The van der Waals surface area contributed by atoms with Gasteiger partial charge in [0.15, 0.2) is 5.69 Å². The van der Waals surface area contributed by atoms with E-state index in [-0.39, 0.29) is 11.4 Å². The number of aromatic nitrogens is 2. The van der Waals surface area contributed by atoms with E-state index in [2.05, 4.69) is 4.98 Å². The number of aromatic carboxylic acids is 1. The molecule has 3 aromatic rings. The predicted molar refractivity (Wildman–Crippen MR) is 73.7 cm³/mol. The molecule has 0 aliphatic carbocycles. The van der Waals surface area contributed by atoms with Crippen molar-refractivity contribution < 1.29 is 15.0 Å². The number of pyridine rings is 1. The van der Waals surface area contributed by atoms with Crippen molar-refractivity contribution in [1.82, 2.24) is 9.38 Å². The number of carboxylic acids is 1. The number of anilines is 1. The molecule has 0 atom stereocenters. The summed E-state index contributed by atoms with van der Waals surface area (Å²) < 4.78 is 1.55. The molecule has 0 bridgehead atoms. The minimum Gasteiger partial charge on any atom is -0.508 e. The van der Waals surface area contributed by atoms with Crippen LogP contribution in [0.4, 0.5) is 5.82 Å². The van der Waals surface area contributed by atoms with E-state index in [9.17, 15) is 15.0 Å². The zero-order valence-electron chi connectivity index (χ0n) is 10.3. The normalized spacial score (nSPS) is 10.8. The van der Waals surface area contributed by atoms with E-state index in [4.69, 9.17) is 5.73 Å². The summed E-state index contributed by atoms with van der Waals surface area (Å²) in [5, 5.41) is 18.8. The van der Waals surface area contributed by atoms with Crippen LogP contribution in [0.25, 0.3) is 16.9 Å². The molecule has 0 fully saturated rings. The van der Waals surface area contributed by atoms with Crippen LogP contribution < -0.4 is 5.73 Å². The van der Waals surface area contributed by atoms with Gasteiger partial charge in [-0.3, -0.25) is 4.40 Å². The molecule has 6 nitrogen and oxygen atoms in total. The molecule has 0 aliphatic rings. The van der Waals surface area contributed by atoms with Crippen LogP contribution in [-0.2, 0) is 0 Å². The second-order valence-corrected chi connectivity index (χ2v) is 4.31. The van der Waals surface area contributed by atoms with Gasteiger partial charge >= 0.3 is 5.97 Å². The average molecular weight is 269 g/mol. The highest BCUT2D eigenvalue weighted by Gasteiger charge is 2.19. The van der Waals surface area contributed by atoms with Crippen molar-refractivity contribution in [3.8, 4) is 17.1 Å². The maximum Gasteiger partial charge on any atom is 0.356 e. The first-order valence-corrected chi connectivity index (χ1v) is 5.87. The van der Waals surface area contributed by atoms with E-state index in [1.165, 1.54) is 12.1 Å². The Morgan fingerprint density at radius 3 is 2.65 bits per heavy atom. The zero-order chi connectivity index (χ0) is 14.3. The molecule has 2 heterocycles. The summed E-state index contributed by atoms with van der Waals surface area (Å²) in [7, 11) is 0. The van der Waals surface area contributed by atoms with Crippen LogP contribution in [0.2, 0.25) is 0 Å². The highest BCUT2D eigenvalue weighted by Crippen LogP contribution is 2.27. The molecule has 20 heavy (non-hydrogen) atoms. The van der Waals surface area contributed by atoms with Crippen molar-refractivity contribution in [3.05, 3.63) is 48.2 Å². The van der Waals surface area contributed by atoms with Crippen molar-refractivity contribution in [2.45, 2.75) is 0 Å². The fourth-order valence-corrected chi connectivity index (χ4v) is 2.16. The molecule has 0 saturated carbocycles. The molecule has 0 aliphatic heterocycles. The monoisotopic (exact) mass is 269 g/mol. The highest BCUT2D eigenvalue weighted by molar-refractivity contribution is 5.95. The minimum atomic E-state index is -1.13. The van der Waals surface area contributed by atoms with Crippen molar-refractivity contribution >= 4 is 17.3 Å². The van der Waals surface area contributed by atoms with Crippen LogP contribution in [0.5, 0.6) is 5.75 Å². The van der Waals surface area contributed by atoms with E-state index in [1.54, 1.807) is 34.7 Å². The van der Waals surface area contributed by atoms with Crippen LogP contribution in [0, 0.1) is 0 Å². The molecule has 100 valence electrons. The third-order valence-electron chi connectivity index (χ3n) is 3.00. The Kier molecular flexibility index (Phi) is 2.57. The fraction of sp³-hybridized carbons (Fsp3) is 0. The van der Waals surface area contributed by atoms with Gasteiger partial charge in [-0.25, -0.2) is 9.78 Å². The van der Waals surface area contributed by atoms with Crippen molar-refractivity contribution in [1.29, 1.82) is 0 Å². The van der Waals surface area contributed by atoms with Gasteiger partial charge in [0.2, 0.25) is 0 Å². The van der Waals surface area contributed by atoms with Gasteiger partial charge in [0.05, 0.1) is 5.52 Å². The first-order chi connectivity index (χ1) is 9.58. The van der Waals surface area contributed by atoms with Gasteiger partial charge < -0.3 is 15.9 Å². The number of imidazole rings is 1. The number of benzene rings is 1. The Balaban J connectivity index is 2.39. The summed E-state index contributed by atoms with van der Waals surface area (Å²) in [6.45, 7) is 0. The molecule has 0 amide bonds. The SMILES string of the molecule is Nc1cccc2c(C(=O)O)nc(-c3cccc(O)c3)n12. The number of nitrogens with zero attached hydrogens (tertiary/aromatic N) is 2. The number of phenolic OH excluding ortho intramolecular Hbond substituents is 1. The first kappa shape index (κ1) is 12.0. The second kappa shape index (κ2) is 4.27. The largest absolute Gasteiger partial charge is 0.508 e. The smallest absolute Gasteiger partial charge is 0.356 e. The lowest BCUT2D eigenvalue weighted by molar-refractivity contribution is 0.0693. The molecule has 1 aromatic carbocycles. The molecule has 3 rings (SSSR count). The standard InChI is InChI=1S/C14H11N3O3/c15-11-6-2-5-10-12(14(19)20)16-13(17(10)11)8-3-1-4-9(18)7-8/h1-7,18H,15H2,(H,19,20). The number of hydrogen-bond donors (Lipinski definition) is 3. The number of fused-ring (bicyclic) bond motifs is 1. The van der Waals surface area contributed by atoms with Crippen LogP contribution in [-0.4, -0.2) is 25.6 Å².